The van der Waals surface area contributed by atoms with Crippen LogP contribution in [-0.2, 0) is 16.0 Å². The lowest BCUT2D eigenvalue weighted by Crippen LogP contribution is -2.43. The van der Waals surface area contributed by atoms with Gasteiger partial charge in [0.1, 0.15) is 12.4 Å². The highest BCUT2D eigenvalue weighted by Crippen LogP contribution is 2.23. The number of aliphatic carboxylic acids is 1. The minimum Gasteiger partial charge on any atom is -0.480 e. The van der Waals surface area contributed by atoms with Gasteiger partial charge in [-0.2, -0.15) is 0 Å². The lowest BCUT2D eigenvalue weighted by atomic mass is 10.1. The number of benzene rings is 2. The van der Waals surface area contributed by atoms with Crippen molar-refractivity contribution in [1.29, 1.82) is 0 Å². The second kappa shape index (κ2) is 9.27. The van der Waals surface area contributed by atoms with Crippen LogP contribution in [-0.4, -0.2) is 48.5 Å². The van der Waals surface area contributed by atoms with E-state index in [1.807, 2.05) is 60.9 Å². The molecule has 8 nitrogen and oxygen atoms in total. The monoisotopic (exact) mass is 449 g/mol. The van der Waals surface area contributed by atoms with Crippen LogP contribution < -0.4 is 5.32 Å². The summed E-state index contributed by atoms with van der Waals surface area (Å²) in [5.41, 5.74) is 4.89. The number of aromatic nitrogens is 4. The quantitative estimate of drug-likeness (QED) is 0.356. The van der Waals surface area contributed by atoms with Gasteiger partial charge in [0.2, 0.25) is 5.91 Å². The number of H-pyrrole nitrogens is 1. The molecule has 0 saturated heterocycles. The van der Waals surface area contributed by atoms with Gasteiger partial charge in [-0.1, -0.05) is 42.1 Å². The Labute approximate surface area is 189 Å². The van der Waals surface area contributed by atoms with E-state index in [9.17, 15) is 14.7 Å². The first kappa shape index (κ1) is 21.6. The highest BCUT2D eigenvalue weighted by molar-refractivity contribution is 7.99. The van der Waals surface area contributed by atoms with Crippen molar-refractivity contribution < 1.29 is 14.7 Å². The second-order valence-corrected chi connectivity index (χ2v) is 8.53. The molecule has 9 heteroatoms. The fraction of sp³-hybridized carbons (Fsp3) is 0.217. The van der Waals surface area contributed by atoms with E-state index < -0.39 is 12.0 Å². The molecule has 0 aliphatic carbocycles. The summed E-state index contributed by atoms with van der Waals surface area (Å²) in [6.45, 7) is 4.01. The van der Waals surface area contributed by atoms with Crippen molar-refractivity contribution in [2.75, 3.05) is 5.75 Å². The van der Waals surface area contributed by atoms with E-state index in [2.05, 4.69) is 20.5 Å². The SMILES string of the molecule is Cc1ccc(C)c(-n2cnnc2SCC(=O)N[C@@H](Cc2c[nH]c3ccccc23)C(=O)O)c1. The Kier molecular flexibility index (Phi) is 6.27. The first-order chi connectivity index (χ1) is 15.4. The van der Waals surface area contributed by atoms with Crippen molar-refractivity contribution in [3.63, 3.8) is 0 Å². The summed E-state index contributed by atoms with van der Waals surface area (Å²) >= 11 is 1.21. The van der Waals surface area contributed by atoms with Crippen LogP contribution >= 0.6 is 11.8 Å². The number of carbonyl (C=O) groups is 2. The van der Waals surface area contributed by atoms with Gasteiger partial charge in [0.25, 0.3) is 0 Å². The summed E-state index contributed by atoms with van der Waals surface area (Å²) in [5.74, 6) is -1.42. The third kappa shape index (κ3) is 4.67. The number of aromatic amines is 1. The van der Waals surface area contributed by atoms with Gasteiger partial charge < -0.3 is 15.4 Å². The number of aryl methyl sites for hydroxylation is 2. The summed E-state index contributed by atoms with van der Waals surface area (Å²) in [4.78, 5) is 27.5. The van der Waals surface area contributed by atoms with Crippen LogP contribution in [0.25, 0.3) is 16.6 Å². The Morgan fingerprint density at radius 1 is 1.22 bits per heavy atom. The van der Waals surface area contributed by atoms with Gasteiger partial charge in [0.05, 0.1) is 11.4 Å². The Balaban J connectivity index is 1.42. The Morgan fingerprint density at radius 3 is 2.84 bits per heavy atom. The largest absolute Gasteiger partial charge is 0.480 e. The third-order valence-corrected chi connectivity index (χ3v) is 6.15. The molecular weight excluding hydrogens is 426 g/mol. The van der Waals surface area contributed by atoms with Crippen LogP contribution in [0.4, 0.5) is 0 Å². The first-order valence-electron chi connectivity index (χ1n) is 10.1. The van der Waals surface area contributed by atoms with Gasteiger partial charge in [-0.15, -0.1) is 10.2 Å². The molecule has 0 spiro atoms. The molecule has 2 aromatic heterocycles. The van der Waals surface area contributed by atoms with Crippen molar-refractivity contribution in [1.82, 2.24) is 25.1 Å². The van der Waals surface area contributed by atoms with Gasteiger partial charge in [0, 0.05) is 23.5 Å². The van der Waals surface area contributed by atoms with Crippen LogP contribution in [0, 0.1) is 13.8 Å². The molecule has 0 aliphatic rings. The number of carbonyl (C=O) groups excluding carboxylic acids is 1. The molecule has 0 unspecified atom stereocenters. The molecule has 0 bridgehead atoms. The highest BCUT2D eigenvalue weighted by atomic mass is 32.2. The molecule has 0 fully saturated rings. The average molecular weight is 450 g/mol. The Morgan fingerprint density at radius 2 is 2.03 bits per heavy atom. The molecule has 0 saturated carbocycles. The van der Waals surface area contributed by atoms with Crippen molar-refractivity contribution in [3.8, 4) is 5.69 Å². The van der Waals surface area contributed by atoms with Crippen molar-refractivity contribution in [2.45, 2.75) is 31.5 Å². The zero-order valence-corrected chi connectivity index (χ0v) is 18.5. The van der Waals surface area contributed by atoms with E-state index in [0.717, 1.165) is 33.3 Å². The van der Waals surface area contributed by atoms with Crippen LogP contribution in [0.5, 0.6) is 0 Å². The van der Waals surface area contributed by atoms with E-state index in [0.29, 0.717) is 5.16 Å². The minimum absolute atomic E-state index is 0.0290. The number of amides is 1. The maximum absolute atomic E-state index is 12.6. The molecule has 32 heavy (non-hydrogen) atoms. The third-order valence-electron chi connectivity index (χ3n) is 5.21. The Hall–Kier alpha value is -3.59. The number of thioether (sulfide) groups is 1. The fourth-order valence-electron chi connectivity index (χ4n) is 3.55. The molecule has 0 aliphatic heterocycles. The van der Waals surface area contributed by atoms with Gasteiger partial charge in [-0.25, -0.2) is 4.79 Å². The van der Waals surface area contributed by atoms with E-state index in [1.165, 1.54) is 11.8 Å². The number of fused-ring (bicyclic) bond motifs is 1. The number of carboxylic acids is 1. The standard InChI is InChI=1S/C23H23N5O3S/c1-14-7-8-15(2)20(9-14)28-13-25-27-23(28)32-12-21(29)26-19(22(30)31)10-16-11-24-18-6-4-3-5-17(16)18/h3-9,11,13,19,24H,10,12H2,1-2H3,(H,26,29)(H,30,31)/t19-/m0/s1. The topological polar surface area (TPSA) is 113 Å². The molecule has 164 valence electrons. The molecule has 2 heterocycles. The zero-order valence-electron chi connectivity index (χ0n) is 17.7. The average Bonchev–Trinajstić information content (AvgIpc) is 3.40. The maximum Gasteiger partial charge on any atom is 0.326 e. The van der Waals surface area contributed by atoms with Crippen molar-refractivity contribution in [2.24, 2.45) is 0 Å². The number of rotatable bonds is 8. The van der Waals surface area contributed by atoms with Gasteiger partial charge >= 0.3 is 5.97 Å². The zero-order chi connectivity index (χ0) is 22.7. The number of nitrogens with one attached hydrogen (secondary N) is 2. The molecule has 0 radical (unpaired) electrons. The summed E-state index contributed by atoms with van der Waals surface area (Å²) in [6.07, 6.45) is 3.58. The summed E-state index contributed by atoms with van der Waals surface area (Å²) in [7, 11) is 0. The normalized spacial score (nSPS) is 12.1. The number of nitrogens with zero attached hydrogens (tertiary/aromatic N) is 3. The van der Waals surface area contributed by atoms with E-state index in [1.54, 1.807) is 12.5 Å². The summed E-state index contributed by atoms with van der Waals surface area (Å²) in [5, 5.41) is 21.9. The number of para-hydroxylation sites is 1. The van der Waals surface area contributed by atoms with E-state index in [4.69, 9.17) is 0 Å². The molecule has 2 aromatic carbocycles. The minimum atomic E-state index is -1.08. The van der Waals surface area contributed by atoms with Gasteiger partial charge in [-0.3, -0.25) is 9.36 Å². The number of hydrogen-bond acceptors (Lipinski definition) is 5. The van der Waals surface area contributed by atoms with Gasteiger partial charge in [-0.05, 0) is 42.7 Å². The van der Waals surface area contributed by atoms with E-state index >= 15 is 0 Å². The number of hydrogen-bond donors (Lipinski definition) is 3. The summed E-state index contributed by atoms with van der Waals surface area (Å²) in [6, 6.07) is 12.7. The molecule has 3 N–H and O–H groups in total. The predicted octanol–water partition coefficient (Wildman–Crippen LogP) is 3.27. The second-order valence-electron chi connectivity index (χ2n) is 7.58. The molecule has 4 aromatic rings. The molecule has 1 atom stereocenters. The first-order valence-corrected chi connectivity index (χ1v) is 11.1. The Bertz CT molecular complexity index is 1280. The lowest BCUT2D eigenvalue weighted by molar-refractivity contribution is -0.141. The smallest absolute Gasteiger partial charge is 0.326 e. The van der Waals surface area contributed by atoms with Crippen molar-refractivity contribution >= 4 is 34.5 Å². The van der Waals surface area contributed by atoms with Gasteiger partial charge in [0.15, 0.2) is 5.16 Å². The molecule has 1 amide bonds. The number of carboxylic acid groups (broad SMARTS) is 1. The van der Waals surface area contributed by atoms with Crippen LogP contribution in [0.1, 0.15) is 16.7 Å². The molecular formula is C23H23N5O3S. The van der Waals surface area contributed by atoms with Crippen LogP contribution in [0.15, 0.2) is 60.1 Å². The van der Waals surface area contributed by atoms with Crippen molar-refractivity contribution in [3.05, 3.63) is 71.7 Å². The van der Waals surface area contributed by atoms with Crippen LogP contribution in [0.3, 0.4) is 0 Å². The van der Waals surface area contributed by atoms with Crippen LogP contribution in [0.2, 0.25) is 0 Å². The lowest BCUT2D eigenvalue weighted by Gasteiger charge is -2.14. The molecule has 4 rings (SSSR count). The maximum atomic E-state index is 12.6. The predicted molar refractivity (Wildman–Crippen MR) is 123 cm³/mol. The van der Waals surface area contributed by atoms with E-state index in [-0.39, 0.29) is 18.1 Å². The highest BCUT2D eigenvalue weighted by Gasteiger charge is 2.22. The fourth-order valence-corrected chi connectivity index (χ4v) is 4.29. The summed E-state index contributed by atoms with van der Waals surface area (Å²) < 4.78 is 1.83.